The van der Waals surface area contributed by atoms with Crippen LogP contribution in [0.2, 0.25) is 0 Å². The van der Waals surface area contributed by atoms with Crippen molar-refractivity contribution in [2.45, 2.75) is 59.9 Å². The second-order valence-corrected chi connectivity index (χ2v) is 11.3. The number of benzene rings is 3. The lowest BCUT2D eigenvalue weighted by Crippen LogP contribution is -2.38. The van der Waals surface area contributed by atoms with Gasteiger partial charge in [-0.25, -0.2) is 20.4 Å². The minimum Gasteiger partial charge on any atom is -0.478 e. The number of Topliss-reactive ketones (excluding diaryl/α,β-unsaturated/α-hetero) is 1. The molecule has 3 aromatic carbocycles. The van der Waals surface area contributed by atoms with Crippen LogP contribution in [0.25, 0.3) is 0 Å². The number of nitrogens with zero attached hydrogens (tertiary/aromatic N) is 1. The van der Waals surface area contributed by atoms with Crippen LogP contribution >= 0.6 is 0 Å². The van der Waals surface area contributed by atoms with E-state index in [0.717, 1.165) is 29.2 Å². The van der Waals surface area contributed by atoms with Gasteiger partial charge in [-0.1, -0.05) is 27.7 Å². The zero-order valence-corrected chi connectivity index (χ0v) is 24.6. The second-order valence-electron chi connectivity index (χ2n) is 11.3. The Morgan fingerprint density at radius 2 is 1.24 bits per heavy atom. The van der Waals surface area contributed by atoms with Gasteiger partial charge in [0, 0.05) is 22.2 Å². The molecule has 1 amide bonds. The van der Waals surface area contributed by atoms with Crippen molar-refractivity contribution in [3.63, 3.8) is 0 Å². The molecule has 0 fully saturated rings. The molecule has 0 radical (unpaired) electrons. The summed E-state index contributed by atoms with van der Waals surface area (Å²) in [5.41, 5.74) is -1.58. The van der Waals surface area contributed by atoms with Crippen LogP contribution in [0.3, 0.4) is 0 Å². The average Bonchev–Trinajstić information content (AvgIpc) is 2.96. The molecule has 0 aliphatic heterocycles. The van der Waals surface area contributed by atoms with E-state index < -0.39 is 45.7 Å². The highest BCUT2D eigenvalue weighted by Gasteiger charge is 2.33. The van der Waals surface area contributed by atoms with E-state index >= 15 is 0 Å². The first-order valence-electron chi connectivity index (χ1n) is 13.5. The van der Waals surface area contributed by atoms with Gasteiger partial charge in [-0.2, -0.15) is 0 Å². The third kappa shape index (κ3) is 7.13. The van der Waals surface area contributed by atoms with Crippen LogP contribution in [0.15, 0.2) is 60.7 Å². The number of aromatic carboxylic acids is 2. The third-order valence-corrected chi connectivity index (χ3v) is 7.38. The van der Waals surface area contributed by atoms with Gasteiger partial charge in [0.05, 0.1) is 22.4 Å². The molecule has 0 unspecified atom stereocenters. The Balaban J connectivity index is 1.88. The van der Waals surface area contributed by atoms with Gasteiger partial charge in [0.1, 0.15) is 11.5 Å². The van der Waals surface area contributed by atoms with E-state index in [1.165, 1.54) is 12.1 Å². The largest absolute Gasteiger partial charge is 0.478 e. The quantitative estimate of drug-likeness (QED) is 0.0806. The molecule has 0 saturated heterocycles. The fourth-order valence-electron chi connectivity index (χ4n) is 3.99. The summed E-state index contributed by atoms with van der Waals surface area (Å²) < 4.78 is 5.90. The summed E-state index contributed by atoms with van der Waals surface area (Å²) in [6, 6.07) is 15.5. The predicted octanol–water partition coefficient (Wildman–Crippen LogP) is 6.62. The molecule has 3 rings (SSSR count). The summed E-state index contributed by atoms with van der Waals surface area (Å²) in [6.07, 6.45) is 1.35. The van der Waals surface area contributed by atoms with Gasteiger partial charge in [-0.05, 0) is 87.4 Å². The van der Waals surface area contributed by atoms with E-state index in [0.29, 0.717) is 17.9 Å². The molecular formula is C32H37N3O7. The monoisotopic (exact) mass is 575 g/mol. The van der Waals surface area contributed by atoms with Gasteiger partial charge >= 0.3 is 11.9 Å². The number of carbonyl (C=O) groups excluding carboxylic acids is 2. The van der Waals surface area contributed by atoms with E-state index in [1.807, 2.05) is 24.3 Å². The number of ketones is 1. The molecule has 0 atom stereocenters. The Morgan fingerprint density at radius 1 is 0.762 bits per heavy atom. The summed E-state index contributed by atoms with van der Waals surface area (Å²) in [6.45, 7) is 11.4. The molecule has 222 valence electrons. The Bertz CT molecular complexity index is 1490. The van der Waals surface area contributed by atoms with Crippen LogP contribution in [0.5, 0.6) is 11.5 Å². The van der Waals surface area contributed by atoms with Crippen LogP contribution < -0.4 is 20.9 Å². The van der Waals surface area contributed by atoms with Gasteiger partial charge < -0.3 is 20.3 Å². The SMILES string of the molecule is CCC(C)(C)Nc1ccc(Oc2ccc(N(N)C(=O)c3cc(C(=O)C(C)(C)CC)c(C(=O)O)cc3C(=O)O)cc2)cc1. The Morgan fingerprint density at radius 3 is 1.71 bits per heavy atom. The molecule has 10 nitrogen and oxygen atoms in total. The van der Waals surface area contributed by atoms with E-state index in [2.05, 4.69) is 26.1 Å². The van der Waals surface area contributed by atoms with Crippen molar-refractivity contribution < 1.29 is 34.1 Å². The maximum absolute atomic E-state index is 13.4. The first-order valence-corrected chi connectivity index (χ1v) is 13.5. The van der Waals surface area contributed by atoms with E-state index in [1.54, 1.807) is 32.9 Å². The highest BCUT2D eigenvalue weighted by Crippen LogP contribution is 2.31. The molecule has 0 aromatic heterocycles. The van der Waals surface area contributed by atoms with Crippen LogP contribution in [0.1, 0.15) is 95.8 Å². The Hall–Kier alpha value is -4.70. The molecule has 0 spiro atoms. The first kappa shape index (κ1) is 31.8. The Labute approximate surface area is 245 Å². The minimum atomic E-state index is -1.54. The molecular weight excluding hydrogens is 538 g/mol. The van der Waals surface area contributed by atoms with Crippen LogP contribution in [-0.2, 0) is 0 Å². The number of hydrogen-bond acceptors (Lipinski definition) is 7. The van der Waals surface area contributed by atoms with Crippen molar-refractivity contribution in [1.29, 1.82) is 0 Å². The van der Waals surface area contributed by atoms with E-state index in [9.17, 15) is 29.4 Å². The van der Waals surface area contributed by atoms with Gasteiger partial charge in [-0.15, -0.1) is 0 Å². The summed E-state index contributed by atoms with van der Waals surface area (Å²) in [7, 11) is 0. The molecule has 5 N–H and O–H groups in total. The van der Waals surface area contributed by atoms with E-state index in [4.69, 9.17) is 10.6 Å². The first-order chi connectivity index (χ1) is 19.6. The van der Waals surface area contributed by atoms with Crippen molar-refractivity contribution in [1.82, 2.24) is 0 Å². The highest BCUT2D eigenvalue weighted by atomic mass is 16.5. The molecule has 0 saturated carbocycles. The van der Waals surface area contributed by atoms with Crippen molar-refractivity contribution in [2.24, 2.45) is 11.3 Å². The minimum absolute atomic E-state index is 0.0452. The molecule has 42 heavy (non-hydrogen) atoms. The molecule has 0 aliphatic carbocycles. The van der Waals surface area contributed by atoms with Gasteiger partial charge in [-0.3, -0.25) is 9.59 Å². The summed E-state index contributed by atoms with van der Waals surface area (Å²) in [4.78, 5) is 50.6. The summed E-state index contributed by atoms with van der Waals surface area (Å²) in [5.74, 6) is 2.69. The lowest BCUT2D eigenvalue weighted by Gasteiger charge is -2.26. The molecule has 0 heterocycles. The number of carbonyl (C=O) groups is 4. The van der Waals surface area contributed by atoms with Crippen molar-refractivity contribution in [2.75, 3.05) is 10.3 Å². The standard InChI is InChI=1S/C32H37N3O7/c1-7-31(3,4)27(36)23-17-24(26(30(40)41)18-25(23)29(38)39)28(37)35(33)20-11-15-22(16-12-20)42-21-13-9-19(10-14-21)34-32(5,6)8-2/h9-18,34H,7-8,33H2,1-6H3,(H,38,39)(H,40,41). The van der Waals surface area contributed by atoms with Crippen LogP contribution in [0, 0.1) is 5.41 Å². The molecule has 3 aromatic rings. The number of ether oxygens (including phenoxy) is 1. The number of nitrogens with one attached hydrogen (secondary N) is 1. The van der Waals surface area contributed by atoms with Gasteiger partial charge in [0.2, 0.25) is 0 Å². The zero-order chi connectivity index (χ0) is 31.4. The molecule has 10 heteroatoms. The lowest BCUT2D eigenvalue weighted by molar-refractivity contribution is 0.0683. The van der Waals surface area contributed by atoms with Crippen molar-refractivity contribution in [3.05, 3.63) is 82.9 Å². The summed E-state index contributed by atoms with van der Waals surface area (Å²) >= 11 is 0. The number of amides is 1. The summed E-state index contributed by atoms with van der Waals surface area (Å²) in [5, 5.41) is 23.6. The highest BCUT2D eigenvalue weighted by molar-refractivity contribution is 6.16. The number of carboxylic acid groups (broad SMARTS) is 2. The second kappa shape index (κ2) is 12.4. The molecule has 0 aliphatic rings. The van der Waals surface area contributed by atoms with Crippen molar-refractivity contribution >= 4 is 35.0 Å². The number of hydrogen-bond donors (Lipinski definition) is 4. The lowest BCUT2D eigenvalue weighted by atomic mass is 9.79. The third-order valence-electron chi connectivity index (χ3n) is 7.38. The topological polar surface area (TPSA) is 159 Å². The van der Waals surface area contributed by atoms with Gasteiger partial charge in [0.25, 0.3) is 5.91 Å². The fraction of sp³-hybridized carbons (Fsp3) is 0.312. The average molecular weight is 576 g/mol. The Kier molecular flexibility index (Phi) is 9.43. The smallest absolute Gasteiger partial charge is 0.336 e. The number of carboxylic acids is 2. The fourth-order valence-corrected chi connectivity index (χ4v) is 3.99. The maximum Gasteiger partial charge on any atom is 0.336 e. The van der Waals surface area contributed by atoms with Crippen LogP contribution in [-0.4, -0.2) is 39.4 Å². The molecule has 0 bridgehead atoms. The van der Waals surface area contributed by atoms with Crippen LogP contribution in [0.4, 0.5) is 11.4 Å². The predicted molar refractivity (Wildman–Crippen MR) is 161 cm³/mol. The van der Waals surface area contributed by atoms with E-state index in [-0.39, 0.29) is 16.8 Å². The number of anilines is 2. The van der Waals surface area contributed by atoms with Gasteiger partial charge in [0.15, 0.2) is 5.78 Å². The zero-order valence-electron chi connectivity index (χ0n) is 24.6. The number of rotatable bonds is 12. The number of nitrogens with two attached hydrogens (primary N) is 1. The van der Waals surface area contributed by atoms with Crippen molar-refractivity contribution in [3.8, 4) is 11.5 Å². The number of hydrazine groups is 1. The maximum atomic E-state index is 13.4. The normalized spacial score (nSPS) is 11.5.